The molecule has 2 heteroatoms. The summed E-state index contributed by atoms with van der Waals surface area (Å²) in [6.45, 7) is 0. The van der Waals surface area contributed by atoms with Gasteiger partial charge in [0.05, 0.1) is 5.41 Å². The quantitative estimate of drug-likeness (QED) is 0.144. The van der Waals surface area contributed by atoms with Gasteiger partial charge in [0.25, 0.3) is 0 Å². The average molecular weight is 868 g/mol. The van der Waals surface area contributed by atoms with E-state index >= 15 is 0 Å². The molecule has 0 amide bonds. The van der Waals surface area contributed by atoms with Crippen molar-refractivity contribution in [2.24, 2.45) is 0 Å². The molecular weight excluding hydrogens is 827 g/mol. The third-order valence-electron chi connectivity index (χ3n) is 14.5. The second-order valence-corrected chi connectivity index (χ2v) is 19.0. The first-order valence-electron chi connectivity index (χ1n) is 23.2. The lowest BCUT2D eigenvalue weighted by molar-refractivity contribution is 0.768. The minimum Gasteiger partial charge on any atom is -0.311 e. The monoisotopic (exact) mass is 867 g/mol. The summed E-state index contributed by atoms with van der Waals surface area (Å²) in [5.41, 5.74) is 15.5. The fourth-order valence-electron chi connectivity index (χ4n) is 11.6. The van der Waals surface area contributed by atoms with E-state index < -0.39 is 5.41 Å². The Morgan fingerprint density at radius 3 is 1.48 bits per heavy atom. The molecule has 0 atom stereocenters. The van der Waals surface area contributed by atoms with Crippen molar-refractivity contribution in [3.63, 3.8) is 0 Å². The molecule has 0 spiro atoms. The number of anilines is 3. The van der Waals surface area contributed by atoms with Crippen molar-refractivity contribution < 1.29 is 0 Å². The van der Waals surface area contributed by atoms with Gasteiger partial charge in [-0.15, -0.1) is 11.3 Å². The molecule has 12 aromatic carbocycles. The molecule has 1 nitrogen and oxygen atoms in total. The maximum atomic E-state index is 2.41. The van der Waals surface area contributed by atoms with E-state index in [1.807, 2.05) is 11.3 Å². The molecule has 0 saturated carbocycles. The third kappa shape index (κ3) is 5.67. The van der Waals surface area contributed by atoms with Gasteiger partial charge in [-0.25, -0.2) is 0 Å². The predicted octanol–water partition coefficient (Wildman–Crippen LogP) is 18.1. The van der Waals surface area contributed by atoms with Gasteiger partial charge in [0.15, 0.2) is 0 Å². The summed E-state index contributed by atoms with van der Waals surface area (Å²) in [7, 11) is 0. The highest BCUT2D eigenvalue weighted by atomic mass is 32.1. The molecule has 0 N–H and O–H groups in total. The van der Waals surface area contributed by atoms with Gasteiger partial charge in [-0.05, 0) is 130 Å². The summed E-state index contributed by atoms with van der Waals surface area (Å²) in [5.74, 6) is 0. The van der Waals surface area contributed by atoms with Crippen LogP contribution in [0.25, 0.3) is 85.9 Å². The van der Waals surface area contributed by atoms with E-state index in [0.717, 1.165) is 17.1 Å². The first kappa shape index (κ1) is 38.0. The van der Waals surface area contributed by atoms with Crippen LogP contribution >= 0.6 is 11.3 Å². The van der Waals surface area contributed by atoms with Gasteiger partial charge in [-0.1, -0.05) is 206 Å². The van der Waals surface area contributed by atoms with E-state index in [4.69, 9.17) is 0 Å². The van der Waals surface area contributed by atoms with Gasteiger partial charge in [0.1, 0.15) is 0 Å². The zero-order chi connectivity index (χ0) is 44.1. The van der Waals surface area contributed by atoms with Crippen molar-refractivity contribution >= 4 is 80.9 Å². The number of hydrogen-bond donors (Lipinski definition) is 0. The lowest BCUT2D eigenvalue weighted by Gasteiger charge is -2.34. The average Bonchev–Trinajstić information content (AvgIpc) is 3.93. The van der Waals surface area contributed by atoms with Gasteiger partial charge in [-0.2, -0.15) is 0 Å². The van der Waals surface area contributed by atoms with Gasteiger partial charge in [0.2, 0.25) is 0 Å². The Labute approximate surface area is 393 Å². The van der Waals surface area contributed by atoms with Crippen LogP contribution in [0.5, 0.6) is 0 Å². The molecule has 1 heterocycles. The van der Waals surface area contributed by atoms with Crippen molar-refractivity contribution in [3.05, 3.63) is 271 Å². The fourth-order valence-corrected chi connectivity index (χ4v) is 12.8. The second-order valence-electron chi connectivity index (χ2n) is 17.9. The summed E-state index contributed by atoms with van der Waals surface area (Å²) < 4.78 is 2.65. The van der Waals surface area contributed by atoms with Gasteiger partial charge in [0, 0.05) is 37.2 Å². The van der Waals surface area contributed by atoms with Crippen LogP contribution < -0.4 is 4.90 Å². The topological polar surface area (TPSA) is 3.24 Å². The zero-order valence-corrected chi connectivity index (χ0v) is 37.3. The fraction of sp³-hybridized carbons (Fsp3) is 0.0154. The van der Waals surface area contributed by atoms with Crippen LogP contribution in [0.1, 0.15) is 22.3 Å². The standard InChI is InChI=1S/C65H41NS/c1-2-14-47(15-3-1)65(59-21-7-4-16-54(59)55-17-5-8-22-60(55)65)48-32-38-51(39-33-48)66(50-36-28-43(29-37-50)53-19-11-20-58-56-18-6-9-23-61(56)67-64(53)58)49-34-26-42(27-35-49)52-40-30-46-25-24-44-12-10-13-45-31-41-57(52)63(46)62(44)45/h1-41H. The van der Waals surface area contributed by atoms with Gasteiger partial charge >= 0.3 is 0 Å². The van der Waals surface area contributed by atoms with Crippen LogP contribution in [-0.4, -0.2) is 0 Å². The van der Waals surface area contributed by atoms with Crippen molar-refractivity contribution in [1.29, 1.82) is 0 Å². The Hall–Kier alpha value is -8.30. The molecule has 0 fully saturated rings. The summed E-state index contributed by atoms with van der Waals surface area (Å²) in [5, 5.41) is 10.4. The largest absolute Gasteiger partial charge is 0.311 e. The van der Waals surface area contributed by atoms with Gasteiger partial charge in [-0.3, -0.25) is 0 Å². The van der Waals surface area contributed by atoms with Crippen LogP contribution in [0.15, 0.2) is 249 Å². The maximum absolute atomic E-state index is 2.41. The lowest BCUT2D eigenvalue weighted by Crippen LogP contribution is -2.28. The minimum atomic E-state index is -0.463. The summed E-state index contributed by atoms with van der Waals surface area (Å²) in [6, 6.07) is 92.5. The van der Waals surface area contributed by atoms with E-state index in [0.29, 0.717) is 0 Å². The number of benzene rings is 12. The number of rotatable bonds is 7. The summed E-state index contributed by atoms with van der Waals surface area (Å²) >= 11 is 1.88. The highest BCUT2D eigenvalue weighted by Crippen LogP contribution is 2.56. The Bertz CT molecular complexity index is 3950. The highest BCUT2D eigenvalue weighted by molar-refractivity contribution is 7.26. The third-order valence-corrected chi connectivity index (χ3v) is 15.7. The molecule has 1 aliphatic rings. The Balaban J connectivity index is 0.912. The summed E-state index contributed by atoms with van der Waals surface area (Å²) in [4.78, 5) is 2.41. The van der Waals surface area contributed by atoms with E-state index in [-0.39, 0.29) is 0 Å². The number of hydrogen-bond acceptors (Lipinski definition) is 2. The predicted molar refractivity (Wildman–Crippen MR) is 286 cm³/mol. The van der Waals surface area contributed by atoms with Gasteiger partial charge < -0.3 is 4.90 Å². The number of fused-ring (bicyclic) bond motifs is 6. The first-order chi connectivity index (χ1) is 33.2. The molecular formula is C65H41NS. The van der Waals surface area contributed by atoms with Crippen LogP contribution in [0, 0.1) is 0 Å². The molecule has 67 heavy (non-hydrogen) atoms. The number of thiophene rings is 1. The smallest absolute Gasteiger partial charge is 0.0713 e. The lowest BCUT2D eigenvalue weighted by atomic mass is 9.68. The normalized spacial score (nSPS) is 12.9. The van der Waals surface area contributed by atoms with E-state index in [1.165, 1.54) is 108 Å². The molecule has 1 aromatic heterocycles. The van der Waals surface area contributed by atoms with E-state index in [1.54, 1.807) is 0 Å². The molecule has 0 radical (unpaired) electrons. The van der Waals surface area contributed by atoms with E-state index in [9.17, 15) is 0 Å². The highest BCUT2D eigenvalue weighted by Gasteiger charge is 2.45. The molecule has 14 rings (SSSR count). The van der Waals surface area contributed by atoms with Crippen LogP contribution in [0.2, 0.25) is 0 Å². The zero-order valence-electron chi connectivity index (χ0n) is 36.5. The number of nitrogens with zero attached hydrogens (tertiary/aromatic N) is 1. The minimum absolute atomic E-state index is 0.463. The Morgan fingerprint density at radius 2 is 0.791 bits per heavy atom. The molecule has 1 aliphatic carbocycles. The molecule has 0 unspecified atom stereocenters. The molecule has 13 aromatic rings. The summed E-state index contributed by atoms with van der Waals surface area (Å²) in [6.07, 6.45) is 0. The van der Waals surface area contributed by atoms with Crippen molar-refractivity contribution in [2.75, 3.05) is 4.90 Å². The Kier molecular flexibility index (Phi) is 8.44. The second kappa shape index (κ2) is 14.9. The Morgan fingerprint density at radius 1 is 0.299 bits per heavy atom. The first-order valence-corrected chi connectivity index (χ1v) is 24.0. The SMILES string of the molecule is c1ccc(C2(c3ccc(N(c4ccc(-c5ccc6ccc7cccc8ccc5c6c78)cc4)c4ccc(-c5cccc6c5sc5ccccc56)cc4)cc3)c3ccccc3-c3ccccc32)cc1. The van der Waals surface area contributed by atoms with Crippen LogP contribution in [0.3, 0.4) is 0 Å². The molecule has 312 valence electrons. The van der Waals surface area contributed by atoms with E-state index in [2.05, 4.69) is 254 Å². The van der Waals surface area contributed by atoms with Crippen molar-refractivity contribution in [2.45, 2.75) is 5.41 Å². The van der Waals surface area contributed by atoms with Crippen molar-refractivity contribution in [1.82, 2.24) is 0 Å². The molecule has 0 bridgehead atoms. The van der Waals surface area contributed by atoms with Crippen LogP contribution in [0.4, 0.5) is 17.1 Å². The molecule has 0 saturated heterocycles. The maximum Gasteiger partial charge on any atom is 0.0713 e. The van der Waals surface area contributed by atoms with Crippen LogP contribution in [-0.2, 0) is 5.41 Å². The molecule has 0 aliphatic heterocycles. The van der Waals surface area contributed by atoms with Crippen molar-refractivity contribution in [3.8, 4) is 33.4 Å².